The number of unbranched alkanes of at least 4 members (excludes halogenated alkanes) is 5. The summed E-state index contributed by atoms with van der Waals surface area (Å²) in [5.41, 5.74) is 2.86. The quantitative estimate of drug-likeness (QED) is 0.0705. The predicted molar refractivity (Wildman–Crippen MR) is 253 cm³/mol. The van der Waals surface area contributed by atoms with E-state index in [1.165, 1.54) is 4.57 Å². The van der Waals surface area contributed by atoms with Gasteiger partial charge in [0.05, 0.1) is 33.5 Å². The third kappa shape index (κ3) is 11.0. The van der Waals surface area contributed by atoms with Crippen molar-refractivity contribution < 1.29 is 27.6 Å². The molecule has 4 amide bonds. The Bertz CT molecular complexity index is 2520. The topological polar surface area (TPSA) is 157 Å². The van der Waals surface area contributed by atoms with Gasteiger partial charge in [-0.25, -0.2) is 13.2 Å². The van der Waals surface area contributed by atoms with Crippen LogP contribution < -0.4 is 16.3 Å². The van der Waals surface area contributed by atoms with Crippen LogP contribution in [0.3, 0.4) is 0 Å². The number of rotatable bonds is 19. The lowest BCUT2D eigenvalue weighted by Crippen LogP contribution is -2.59. The summed E-state index contributed by atoms with van der Waals surface area (Å²) in [6.45, 7) is 9.51. The van der Waals surface area contributed by atoms with Crippen molar-refractivity contribution in [2.24, 2.45) is 18.4 Å². The zero-order chi connectivity index (χ0) is 46.5. The molecule has 0 spiro atoms. The minimum absolute atomic E-state index is 0.0518. The van der Waals surface area contributed by atoms with Gasteiger partial charge < -0.3 is 10.2 Å². The van der Waals surface area contributed by atoms with Gasteiger partial charge in [0.15, 0.2) is 9.84 Å². The Morgan fingerprint density at radius 3 is 2.20 bits per heavy atom. The average molecular weight is 937 g/mol. The van der Waals surface area contributed by atoms with Crippen LogP contribution in [0.25, 0.3) is 11.0 Å². The summed E-state index contributed by atoms with van der Waals surface area (Å²) in [7, 11) is -1.86. The van der Waals surface area contributed by atoms with Gasteiger partial charge in [-0.2, -0.15) is 0 Å². The van der Waals surface area contributed by atoms with Gasteiger partial charge in [-0.3, -0.25) is 33.6 Å². The summed E-state index contributed by atoms with van der Waals surface area (Å²) in [6.07, 6.45) is 7.16. The molecular weight excluding hydrogens is 874 g/mol. The highest BCUT2D eigenvalue weighted by Crippen LogP contribution is 2.52. The van der Waals surface area contributed by atoms with Gasteiger partial charge in [-0.05, 0) is 98.9 Å². The van der Waals surface area contributed by atoms with Crippen molar-refractivity contribution in [2.75, 3.05) is 12.3 Å². The number of sulfone groups is 1. The number of piperidine rings is 2. The van der Waals surface area contributed by atoms with E-state index in [-0.39, 0.29) is 53.8 Å². The Morgan fingerprint density at radius 1 is 0.875 bits per heavy atom. The number of nitrogens with one attached hydrogen (secondary N) is 2. The molecule has 1 unspecified atom stereocenters. The Hall–Kier alpha value is -4.46. The number of imidazole rings is 1. The van der Waals surface area contributed by atoms with Gasteiger partial charge in [0.2, 0.25) is 23.6 Å². The van der Waals surface area contributed by atoms with Crippen LogP contribution in [-0.2, 0) is 42.5 Å². The molecular formula is C49H63Cl2N5O7S. The molecule has 4 aromatic rings. The molecule has 346 valence electrons. The van der Waals surface area contributed by atoms with Gasteiger partial charge in [0.1, 0.15) is 6.04 Å². The van der Waals surface area contributed by atoms with E-state index >= 15 is 4.79 Å². The maximum absolute atomic E-state index is 15.1. The molecule has 2 aliphatic rings. The number of imide groups is 1. The van der Waals surface area contributed by atoms with Crippen LogP contribution in [-0.4, -0.2) is 69.7 Å². The Labute approximate surface area is 387 Å². The first kappa shape index (κ1) is 49.0. The number of likely N-dealkylation sites (tertiary alicyclic amines) is 1. The minimum atomic E-state index is -3.58. The van der Waals surface area contributed by atoms with E-state index in [4.69, 9.17) is 23.2 Å². The fraction of sp³-hybridized carbons (Fsp3) is 0.531. The normalized spacial score (nSPS) is 21.2. The third-order valence-corrected chi connectivity index (χ3v) is 16.0. The van der Waals surface area contributed by atoms with E-state index < -0.39 is 44.5 Å². The van der Waals surface area contributed by atoms with Crippen LogP contribution in [0.2, 0.25) is 10.0 Å². The van der Waals surface area contributed by atoms with Gasteiger partial charge in [-0.1, -0.05) is 106 Å². The lowest BCUT2D eigenvalue weighted by atomic mass is 9.66. The number of hydrogen-bond acceptors (Lipinski definition) is 7. The van der Waals surface area contributed by atoms with E-state index in [0.717, 1.165) is 67.2 Å². The minimum Gasteiger partial charge on any atom is -0.356 e. The van der Waals surface area contributed by atoms with Crippen LogP contribution >= 0.6 is 23.2 Å². The number of halogens is 2. The van der Waals surface area contributed by atoms with Crippen molar-refractivity contribution in [3.63, 3.8) is 0 Å². The average Bonchev–Trinajstić information content (AvgIpc) is 3.49. The number of carbonyl (C=O) groups is 4. The summed E-state index contributed by atoms with van der Waals surface area (Å²) in [5.74, 6) is -1.97. The molecule has 2 N–H and O–H groups in total. The standard InChI is InChI=1S/C49H63Cl2N5O7S/c1-31(2)41(30-64(62,63)32(3)4)56-44(34-20-22-36(50)23-21-34)38(35-17-13-18-37(51)27-35)28-49(5,47(56)60)29-43(58)52-26-12-10-8-7-9-11-15-33-16-14-19-39-45(33)54(6)48(61)55(39)40-24-25-42(57)53-46(40)59/h13-14,16-23,27,31-32,38,40-41,44H,7-12,15,24-26,28-30H2,1-6H3,(H,52,58)(H,53,57,59)/t38-,40?,41-,44-,49-/m1/s1. The second-order valence-electron chi connectivity index (χ2n) is 18.7. The van der Waals surface area contributed by atoms with Crippen LogP contribution in [0.4, 0.5) is 0 Å². The van der Waals surface area contributed by atoms with E-state index in [2.05, 4.69) is 10.6 Å². The predicted octanol–water partition coefficient (Wildman–Crippen LogP) is 8.63. The van der Waals surface area contributed by atoms with E-state index in [1.54, 1.807) is 48.6 Å². The van der Waals surface area contributed by atoms with E-state index in [1.807, 2.05) is 69.3 Å². The molecule has 3 heterocycles. The van der Waals surface area contributed by atoms with Crippen molar-refractivity contribution in [3.05, 3.63) is 104 Å². The lowest BCUT2D eigenvalue weighted by molar-refractivity contribution is -0.158. The molecule has 0 aliphatic carbocycles. The zero-order valence-corrected chi connectivity index (χ0v) is 40.2. The van der Waals surface area contributed by atoms with Gasteiger partial charge >= 0.3 is 5.69 Å². The van der Waals surface area contributed by atoms with Crippen LogP contribution in [0.15, 0.2) is 71.5 Å². The van der Waals surface area contributed by atoms with Crippen LogP contribution in [0, 0.1) is 11.3 Å². The highest BCUT2D eigenvalue weighted by Gasteiger charge is 2.53. The number of aromatic nitrogens is 2. The van der Waals surface area contributed by atoms with Crippen molar-refractivity contribution in [3.8, 4) is 0 Å². The fourth-order valence-electron chi connectivity index (χ4n) is 9.68. The monoisotopic (exact) mass is 935 g/mol. The molecule has 0 saturated carbocycles. The number of fused-ring (bicyclic) bond motifs is 1. The molecule has 64 heavy (non-hydrogen) atoms. The molecule has 0 radical (unpaired) electrons. The smallest absolute Gasteiger partial charge is 0.329 e. The number of aryl methyl sites for hydroxylation is 2. The number of para-hydroxylation sites is 1. The van der Waals surface area contributed by atoms with Crippen LogP contribution in [0.5, 0.6) is 0 Å². The van der Waals surface area contributed by atoms with Crippen molar-refractivity contribution in [2.45, 2.75) is 135 Å². The molecule has 3 aromatic carbocycles. The van der Waals surface area contributed by atoms with Gasteiger partial charge in [0, 0.05) is 48.4 Å². The van der Waals surface area contributed by atoms with Crippen LogP contribution in [0.1, 0.15) is 134 Å². The second-order valence-corrected chi connectivity index (χ2v) is 22.2. The van der Waals surface area contributed by atoms with Gasteiger partial charge in [-0.15, -0.1) is 0 Å². The summed E-state index contributed by atoms with van der Waals surface area (Å²) < 4.78 is 30.3. The molecule has 2 aliphatic heterocycles. The molecule has 12 nitrogen and oxygen atoms in total. The largest absolute Gasteiger partial charge is 0.356 e. The maximum Gasteiger partial charge on any atom is 0.329 e. The Kier molecular flexibility index (Phi) is 15.9. The highest BCUT2D eigenvalue weighted by atomic mass is 35.5. The maximum atomic E-state index is 15.1. The zero-order valence-electron chi connectivity index (χ0n) is 37.9. The van der Waals surface area contributed by atoms with E-state index in [9.17, 15) is 27.6 Å². The summed E-state index contributed by atoms with van der Waals surface area (Å²) in [4.78, 5) is 68.3. The second kappa shape index (κ2) is 20.8. The molecule has 2 fully saturated rings. The van der Waals surface area contributed by atoms with Crippen molar-refractivity contribution in [1.29, 1.82) is 0 Å². The lowest BCUT2D eigenvalue weighted by Gasteiger charge is -2.53. The van der Waals surface area contributed by atoms with Gasteiger partial charge in [0.25, 0.3) is 0 Å². The number of hydrogen-bond donors (Lipinski definition) is 2. The van der Waals surface area contributed by atoms with Crippen molar-refractivity contribution in [1.82, 2.24) is 24.7 Å². The fourth-order valence-corrected chi connectivity index (χ4v) is 11.4. The molecule has 2 saturated heterocycles. The first-order valence-corrected chi connectivity index (χ1v) is 25.1. The Morgan fingerprint density at radius 2 is 1.55 bits per heavy atom. The summed E-state index contributed by atoms with van der Waals surface area (Å²) >= 11 is 12.9. The first-order valence-electron chi connectivity index (χ1n) is 22.7. The molecule has 15 heteroatoms. The number of benzene rings is 3. The van der Waals surface area contributed by atoms with E-state index in [0.29, 0.717) is 34.9 Å². The highest BCUT2D eigenvalue weighted by molar-refractivity contribution is 7.92. The molecule has 6 rings (SSSR count). The van der Waals surface area contributed by atoms with Crippen molar-refractivity contribution >= 4 is 67.7 Å². The molecule has 5 atom stereocenters. The molecule has 1 aromatic heterocycles. The third-order valence-electron chi connectivity index (χ3n) is 13.3. The summed E-state index contributed by atoms with van der Waals surface area (Å²) in [6, 6.07) is 18.8. The number of carbonyl (C=O) groups excluding carboxylic acids is 4. The number of nitrogens with zero attached hydrogens (tertiary/aromatic N) is 3. The SMILES string of the molecule is CC(C)[C@@H](CS(=O)(=O)C(C)C)N1C(=O)[C@@](C)(CC(=O)NCCCCCCCCc2cccc3c2n(C)c(=O)n3C2CCC(=O)NC2=O)C[C@H](c2cccc(Cl)c2)[C@H]1c1ccc(Cl)cc1. The Balaban J connectivity index is 1.08. The summed E-state index contributed by atoms with van der Waals surface area (Å²) in [5, 5.41) is 5.90. The molecule has 0 bridgehead atoms. The first-order chi connectivity index (χ1) is 30.3. The number of amides is 4.